The topological polar surface area (TPSA) is 18.5 Å². The molecule has 102 valence electrons. The summed E-state index contributed by atoms with van der Waals surface area (Å²) in [6, 6.07) is 0.763. The Morgan fingerprint density at radius 3 is 2.59 bits per heavy atom. The predicted molar refractivity (Wildman–Crippen MR) is 75.5 cm³/mol. The van der Waals surface area contributed by atoms with Crippen LogP contribution in [-0.4, -0.2) is 61.7 Å². The summed E-state index contributed by atoms with van der Waals surface area (Å²) in [4.78, 5) is 5.00. The van der Waals surface area contributed by atoms with Crippen LogP contribution in [0.3, 0.4) is 0 Å². The maximum atomic E-state index is 3.56. The quantitative estimate of drug-likeness (QED) is 0.740. The molecule has 0 amide bonds. The van der Waals surface area contributed by atoms with Gasteiger partial charge < -0.3 is 15.1 Å². The summed E-state index contributed by atoms with van der Waals surface area (Å²) < 4.78 is 0. The molecule has 1 N–H and O–H groups in total. The summed E-state index contributed by atoms with van der Waals surface area (Å²) in [7, 11) is 4.41. The zero-order valence-corrected chi connectivity index (χ0v) is 12.4. The molecule has 1 fully saturated rings. The van der Waals surface area contributed by atoms with Gasteiger partial charge >= 0.3 is 0 Å². The first-order valence-electron chi connectivity index (χ1n) is 7.02. The first-order chi connectivity index (χ1) is 7.88. The van der Waals surface area contributed by atoms with Gasteiger partial charge in [-0.2, -0.15) is 0 Å². The van der Waals surface area contributed by atoms with E-state index in [0.29, 0.717) is 0 Å². The Balaban J connectivity index is 2.15. The molecule has 1 aliphatic rings. The van der Waals surface area contributed by atoms with Crippen LogP contribution in [0.4, 0.5) is 0 Å². The minimum Gasteiger partial charge on any atom is -0.312 e. The van der Waals surface area contributed by atoms with E-state index >= 15 is 0 Å². The molecule has 1 saturated heterocycles. The summed E-state index contributed by atoms with van der Waals surface area (Å²) in [6.45, 7) is 11.6. The maximum absolute atomic E-state index is 3.56. The Labute approximate surface area is 108 Å². The third-order valence-corrected chi connectivity index (χ3v) is 3.52. The molecule has 1 heterocycles. The highest BCUT2D eigenvalue weighted by atomic mass is 15.2. The van der Waals surface area contributed by atoms with E-state index in [0.717, 1.165) is 12.6 Å². The fourth-order valence-electron chi connectivity index (χ4n) is 2.42. The monoisotopic (exact) mass is 241 g/mol. The van der Waals surface area contributed by atoms with Gasteiger partial charge in [-0.05, 0) is 73.8 Å². The van der Waals surface area contributed by atoms with Crippen LogP contribution in [0.5, 0.6) is 0 Å². The van der Waals surface area contributed by atoms with E-state index in [9.17, 15) is 0 Å². The van der Waals surface area contributed by atoms with Gasteiger partial charge in [0, 0.05) is 18.1 Å². The Bertz CT molecular complexity index is 208. The van der Waals surface area contributed by atoms with Gasteiger partial charge in [-0.25, -0.2) is 0 Å². The van der Waals surface area contributed by atoms with Crippen molar-refractivity contribution in [3.05, 3.63) is 0 Å². The lowest BCUT2D eigenvalue weighted by atomic mass is 10.0. The van der Waals surface area contributed by atoms with Gasteiger partial charge in [-0.3, -0.25) is 0 Å². The highest BCUT2D eigenvalue weighted by Crippen LogP contribution is 2.13. The second kappa shape index (κ2) is 6.72. The summed E-state index contributed by atoms with van der Waals surface area (Å²) in [5.74, 6) is 0. The molecule has 0 saturated carbocycles. The van der Waals surface area contributed by atoms with Crippen molar-refractivity contribution in [2.24, 2.45) is 0 Å². The van der Waals surface area contributed by atoms with Crippen molar-refractivity contribution in [1.29, 1.82) is 0 Å². The molecule has 3 heteroatoms. The van der Waals surface area contributed by atoms with Crippen LogP contribution in [0, 0.1) is 0 Å². The molecule has 1 atom stereocenters. The van der Waals surface area contributed by atoms with Crippen molar-refractivity contribution >= 4 is 0 Å². The number of nitrogens with zero attached hydrogens (tertiary/aromatic N) is 2. The van der Waals surface area contributed by atoms with Crippen LogP contribution in [0.1, 0.15) is 40.0 Å². The molecule has 17 heavy (non-hydrogen) atoms. The smallest absolute Gasteiger partial charge is 0.0217 e. The molecule has 1 aliphatic heterocycles. The van der Waals surface area contributed by atoms with E-state index in [2.05, 4.69) is 50.0 Å². The lowest BCUT2D eigenvalue weighted by Gasteiger charge is -2.36. The first-order valence-corrected chi connectivity index (χ1v) is 7.02. The third kappa shape index (κ3) is 6.39. The maximum Gasteiger partial charge on any atom is 0.0217 e. The highest BCUT2D eigenvalue weighted by Gasteiger charge is 2.20. The van der Waals surface area contributed by atoms with Gasteiger partial charge in [0.05, 0.1) is 0 Å². The van der Waals surface area contributed by atoms with Crippen molar-refractivity contribution in [3.63, 3.8) is 0 Å². The molecule has 3 nitrogen and oxygen atoms in total. The Morgan fingerprint density at radius 1 is 1.29 bits per heavy atom. The van der Waals surface area contributed by atoms with Crippen molar-refractivity contribution in [2.45, 2.75) is 51.6 Å². The molecule has 0 aliphatic carbocycles. The number of rotatable bonds is 5. The molecular formula is C14H31N3. The van der Waals surface area contributed by atoms with Gasteiger partial charge in [0.25, 0.3) is 0 Å². The second-order valence-corrected chi connectivity index (χ2v) is 6.59. The SMILES string of the molecule is CN(C)C1CCCN(CCCNC(C)(C)C)C1. The Morgan fingerprint density at radius 2 is 2.00 bits per heavy atom. The second-order valence-electron chi connectivity index (χ2n) is 6.59. The van der Waals surface area contributed by atoms with Crippen molar-refractivity contribution in [2.75, 3.05) is 40.3 Å². The van der Waals surface area contributed by atoms with Gasteiger partial charge in [-0.1, -0.05) is 0 Å². The lowest BCUT2D eigenvalue weighted by molar-refractivity contribution is 0.131. The summed E-state index contributed by atoms with van der Waals surface area (Å²) >= 11 is 0. The van der Waals surface area contributed by atoms with Crippen LogP contribution in [0.2, 0.25) is 0 Å². The number of hydrogen-bond acceptors (Lipinski definition) is 3. The minimum absolute atomic E-state index is 0.258. The van der Waals surface area contributed by atoms with Gasteiger partial charge in [-0.15, -0.1) is 0 Å². The highest BCUT2D eigenvalue weighted by molar-refractivity contribution is 4.78. The molecule has 0 aromatic carbocycles. The van der Waals surface area contributed by atoms with Gasteiger partial charge in [0.2, 0.25) is 0 Å². The Hall–Kier alpha value is -0.120. The van der Waals surface area contributed by atoms with Crippen molar-refractivity contribution in [1.82, 2.24) is 15.1 Å². The molecular weight excluding hydrogens is 210 g/mol. The van der Waals surface area contributed by atoms with E-state index in [-0.39, 0.29) is 5.54 Å². The number of hydrogen-bond donors (Lipinski definition) is 1. The average molecular weight is 241 g/mol. The number of likely N-dealkylation sites (N-methyl/N-ethyl adjacent to an activating group) is 1. The zero-order chi connectivity index (χ0) is 12.9. The van der Waals surface area contributed by atoms with Crippen LogP contribution in [0.15, 0.2) is 0 Å². The first kappa shape index (κ1) is 14.9. The molecule has 0 aromatic heterocycles. The van der Waals surface area contributed by atoms with Crippen LogP contribution >= 0.6 is 0 Å². The fraction of sp³-hybridized carbons (Fsp3) is 1.00. The van der Waals surface area contributed by atoms with Gasteiger partial charge in [0.1, 0.15) is 0 Å². The largest absolute Gasteiger partial charge is 0.312 e. The molecule has 0 aromatic rings. The van der Waals surface area contributed by atoms with Crippen molar-refractivity contribution in [3.8, 4) is 0 Å². The lowest BCUT2D eigenvalue weighted by Crippen LogP contribution is -2.46. The number of nitrogens with one attached hydrogen (secondary N) is 1. The standard InChI is InChI=1S/C14H31N3/c1-14(2,3)15-9-7-11-17-10-6-8-13(12-17)16(4)5/h13,15H,6-12H2,1-5H3. The zero-order valence-electron chi connectivity index (χ0n) is 12.4. The molecule has 0 spiro atoms. The van der Waals surface area contributed by atoms with E-state index in [4.69, 9.17) is 0 Å². The van der Waals surface area contributed by atoms with Gasteiger partial charge in [0.15, 0.2) is 0 Å². The van der Waals surface area contributed by atoms with Crippen molar-refractivity contribution < 1.29 is 0 Å². The third-order valence-electron chi connectivity index (χ3n) is 3.52. The average Bonchev–Trinajstić information content (AvgIpc) is 2.23. The van der Waals surface area contributed by atoms with Crippen LogP contribution in [0.25, 0.3) is 0 Å². The number of piperidine rings is 1. The van der Waals surface area contributed by atoms with E-state index in [1.54, 1.807) is 0 Å². The summed E-state index contributed by atoms with van der Waals surface area (Å²) in [5, 5.41) is 3.56. The van der Waals surface area contributed by atoms with E-state index in [1.165, 1.54) is 38.9 Å². The molecule has 1 unspecified atom stereocenters. The summed E-state index contributed by atoms with van der Waals surface area (Å²) in [6.07, 6.45) is 3.98. The predicted octanol–water partition coefficient (Wildman–Crippen LogP) is 1.79. The van der Waals surface area contributed by atoms with Crippen LogP contribution in [-0.2, 0) is 0 Å². The Kier molecular flexibility index (Phi) is 5.90. The molecule has 0 radical (unpaired) electrons. The minimum atomic E-state index is 0.258. The summed E-state index contributed by atoms with van der Waals surface area (Å²) in [5.41, 5.74) is 0.258. The van der Waals surface area contributed by atoms with Crippen LogP contribution < -0.4 is 5.32 Å². The number of likely N-dealkylation sites (tertiary alicyclic amines) is 1. The fourth-order valence-corrected chi connectivity index (χ4v) is 2.42. The van der Waals surface area contributed by atoms with E-state index in [1.807, 2.05) is 0 Å². The normalized spacial score (nSPS) is 23.3. The van der Waals surface area contributed by atoms with E-state index < -0.39 is 0 Å². The molecule has 1 rings (SSSR count). The molecule has 0 bridgehead atoms.